The van der Waals surface area contributed by atoms with Gasteiger partial charge in [0.15, 0.2) is 0 Å². The lowest BCUT2D eigenvalue weighted by atomic mass is 9.88. The molecule has 19 heavy (non-hydrogen) atoms. The average Bonchev–Trinajstić information content (AvgIpc) is 2.38. The third-order valence-corrected chi connectivity index (χ3v) is 3.15. The van der Waals surface area contributed by atoms with Crippen LogP contribution in [-0.2, 0) is 0 Å². The number of rotatable bonds is 4. The Labute approximate surface area is 118 Å². The number of anilines is 1. The summed E-state index contributed by atoms with van der Waals surface area (Å²) < 4.78 is 8.52. The Balaban J connectivity index is 2.38. The molecule has 1 aromatic rings. The van der Waals surface area contributed by atoms with Gasteiger partial charge in [-0.25, -0.2) is 4.99 Å². The van der Waals surface area contributed by atoms with Gasteiger partial charge >= 0.3 is 7.41 Å². The molecule has 0 saturated heterocycles. The molecular weight excluding hydrogens is 259 g/mol. The van der Waals surface area contributed by atoms with E-state index in [-0.39, 0.29) is 0 Å². The zero-order chi connectivity index (χ0) is 13.8. The lowest BCUT2D eigenvalue weighted by Crippen LogP contribution is -2.34. The summed E-state index contributed by atoms with van der Waals surface area (Å²) in [5, 5.41) is 0. The van der Waals surface area contributed by atoms with Crippen LogP contribution < -0.4 is 15.2 Å². The molecule has 1 heterocycles. The van der Waals surface area contributed by atoms with E-state index in [0.717, 1.165) is 22.7 Å². The number of nitrogens with one attached hydrogen (secondary N) is 1. The molecule has 7 heteroatoms. The summed E-state index contributed by atoms with van der Waals surface area (Å²) >= 11 is 1.52. The second-order valence-electron chi connectivity index (χ2n) is 4.25. The Bertz CT molecular complexity index is 532. The van der Waals surface area contributed by atoms with Gasteiger partial charge in [0.2, 0.25) is 0 Å². The summed E-state index contributed by atoms with van der Waals surface area (Å²) in [5.41, 5.74) is 9.24. The van der Waals surface area contributed by atoms with E-state index in [1.807, 2.05) is 42.5 Å². The number of aliphatic imine (C=N–C) groups is 1. The molecular formula is C12H17BN4OS. The van der Waals surface area contributed by atoms with Gasteiger partial charge in [-0.2, -0.15) is 0 Å². The first-order chi connectivity index (χ1) is 9.13. The normalized spacial score (nSPS) is 14.4. The highest BCUT2D eigenvalue weighted by Gasteiger charge is 2.13. The highest BCUT2D eigenvalue weighted by atomic mass is 32.2. The van der Waals surface area contributed by atoms with Crippen LogP contribution in [0.25, 0.3) is 5.70 Å². The first-order valence-corrected chi connectivity index (χ1v) is 7.09. The highest BCUT2D eigenvalue weighted by Crippen LogP contribution is 2.30. The standard InChI is InChI=1S/C12H17BN4OS/c1-17-7-10(15-12(14)13-17)8-4-5-11(18-2)9(6-8)16-19-3/h4-7,13,16H,1-3H3,(H2,14,15). The van der Waals surface area contributed by atoms with E-state index < -0.39 is 0 Å². The minimum absolute atomic E-state index is 0.621. The Morgan fingerprint density at radius 1 is 1.47 bits per heavy atom. The maximum Gasteiger partial charge on any atom is 0.312 e. The molecule has 0 aromatic heterocycles. The van der Waals surface area contributed by atoms with Crippen LogP contribution in [0.5, 0.6) is 5.75 Å². The molecule has 1 aliphatic heterocycles. The highest BCUT2D eigenvalue weighted by molar-refractivity contribution is 7.99. The zero-order valence-electron chi connectivity index (χ0n) is 11.3. The largest absolute Gasteiger partial charge is 0.495 e. The minimum Gasteiger partial charge on any atom is -0.495 e. The van der Waals surface area contributed by atoms with Crippen molar-refractivity contribution in [1.82, 2.24) is 4.81 Å². The predicted octanol–water partition coefficient (Wildman–Crippen LogP) is 1.30. The molecule has 100 valence electrons. The van der Waals surface area contributed by atoms with Gasteiger partial charge in [-0.1, -0.05) is 11.9 Å². The van der Waals surface area contributed by atoms with Crippen LogP contribution in [0.1, 0.15) is 5.56 Å². The maximum atomic E-state index is 5.83. The van der Waals surface area contributed by atoms with Crippen LogP contribution >= 0.6 is 11.9 Å². The predicted molar refractivity (Wildman–Crippen MR) is 84.6 cm³/mol. The number of hydrogen-bond donors (Lipinski definition) is 2. The number of amidine groups is 1. The van der Waals surface area contributed by atoms with Gasteiger partial charge in [-0.05, 0) is 25.2 Å². The van der Waals surface area contributed by atoms with E-state index in [4.69, 9.17) is 10.5 Å². The van der Waals surface area contributed by atoms with Gasteiger partial charge in [-0.3, -0.25) is 0 Å². The van der Waals surface area contributed by atoms with Crippen LogP contribution in [0.2, 0.25) is 0 Å². The Hall–Kier alpha value is -1.76. The van der Waals surface area contributed by atoms with Gasteiger partial charge in [0, 0.05) is 18.0 Å². The Morgan fingerprint density at radius 2 is 2.26 bits per heavy atom. The lowest BCUT2D eigenvalue weighted by Gasteiger charge is -2.20. The number of hydrogen-bond acceptors (Lipinski definition) is 6. The zero-order valence-corrected chi connectivity index (χ0v) is 12.1. The van der Waals surface area contributed by atoms with Crippen molar-refractivity contribution in [3.8, 4) is 5.75 Å². The van der Waals surface area contributed by atoms with Crippen LogP contribution in [0.4, 0.5) is 5.69 Å². The molecule has 0 amide bonds. The van der Waals surface area contributed by atoms with Crippen molar-refractivity contribution < 1.29 is 4.74 Å². The second kappa shape index (κ2) is 5.92. The van der Waals surface area contributed by atoms with E-state index in [2.05, 4.69) is 9.71 Å². The quantitative estimate of drug-likeness (QED) is 0.641. The number of nitrogens with two attached hydrogens (primary N) is 1. The van der Waals surface area contributed by atoms with Gasteiger partial charge in [0.1, 0.15) is 5.75 Å². The van der Waals surface area contributed by atoms with Crippen molar-refractivity contribution in [2.75, 3.05) is 25.1 Å². The third kappa shape index (κ3) is 3.17. The Kier molecular flexibility index (Phi) is 4.26. The molecule has 1 aliphatic rings. The van der Waals surface area contributed by atoms with Crippen molar-refractivity contribution in [1.29, 1.82) is 0 Å². The number of methoxy groups -OCH3 is 1. The molecule has 5 nitrogen and oxygen atoms in total. The van der Waals surface area contributed by atoms with Crippen molar-refractivity contribution >= 4 is 36.5 Å². The SMILES string of the molecule is COc1ccc(C2=CN(C)BC(N)=N2)cc1NSC. The van der Waals surface area contributed by atoms with Gasteiger partial charge in [-0.15, -0.1) is 0 Å². The summed E-state index contributed by atoms with van der Waals surface area (Å²) in [4.78, 5) is 6.42. The smallest absolute Gasteiger partial charge is 0.312 e. The average molecular weight is 276 g/mol. The molecule has 0 atom stereocenters. The summed E-state index contributed by atoms with van der Waals surface area (Å²) in [7, 11) is 4.30. The molecule has 2 rings (SSSR count). The molecule has 0 unspecified atom stereocenters. The van der Waals surface area contributed by atoms with Crippen LogP contribution in [0, 0.1) is 0 Å². The molecule has 0 aliphatic carbocycles. The monoisotopic (exact) mass is 276 g/mol. The van der Waals surface area contributed by atoms with Crippen LogP contribution in [0.15, 0.2) is 29.4 Å². The molecule has 0 spiro atoms. The number of ether oxygens (including phenoxy) is 1. The summed E-state index contributed by atoms with van der Waals surface area (Å²) in [6.07, 6.45) is 3.96. The third-order valence-electron chi connectivity index (χ3n) is 2.73. The fraction of sp³-hybridized carbons (Fsp3) is 0.250. The van der Waals surface area contributed by atoms with E-state index in [9.17, 15) is 0 Å². The minimum atomic E-state index is 0.621. The molecule has 1 aromatic carbocycles. The van der Waals surface area contributed by atoms with E-state index in [1.165, 1.54) is 11.9 Å². The van der Waals surface area contributed by atoms with E-state index in [1.54, 1.807) is 7.11 Å². The first kappa shape index (κ1) is 13.7. The lowest BCUT2D eigenvalue weighted by molar-refractivity contribution is 0.417. The fourth-order valence-corrected chi connectivity index (χ4v) is 2.30. The van der Waals surface area contributed by atoms with Crippen LogP contribution in [-0.4, -0.2) is 38.4 Å². The van der Waals surface area contributed by atoms with Crippen molar-refractivity contribution in [3.05, 3.63) is 30.0 Å². The molecule has 3 N–H and O–H groups in total. The van der Waals surface area contributed by atoms with Crippen molar-refractivity contribution in [3.63, 3.8) is 0 Å². The van der Waals surface area contributed by atoms with Crippen molar-refractivity contribution in [2.45, 2.75) is 0 Å². The van der Waals surface area contributed by atoms with Crippen molar-refractivity contribution in [2.24, 2.45) is 10.7 Å². The summed E-state index contributed by atoms with van der Waals surface area (Å²) in [6.45, 7) is 0. The van der Waals surface area contributed by atoms with E-state index >= 15 is 0 Å². The fourth-order valence-electron chi connectivity index (χ4n) is 1.92. The van der Waals surface area contributed by atoms with Gasteiger partial charge < -0.3 is 20.0 Å². The van der Waals surface area contributed by atoms with Gasteiger partial charge in [0.05, 0.1) is 24.2 Å². The topological polar surface area (TPSA) is 62.9 Å². The number of benzene rings is 1. The molecule has 0 saturated carbocycles. The molecule has 0 fully saturated rings. The molecule has 0 radical (unpaired) electrons. The van der Waals surface area contributed by atoms with Gasteiger partial charge in [0.25, 0.3) is 0 Å². The second-order valence-corrected chi connectivity index (χ2v) is 4.87. The van der Waals surface area contributed by atoms with E-state index in [0.29, 0.717) is 13.1 Å². The number of nitrogens with zero attached hydrogens (tertiary/aromatic N) is 2. The Morgan fingerprint density at radius 3 is 2.89 bits per heavy atom. The summed E-state index contributed by atoms with van der Waals surface area (Å²) in [6, 6.07) is 5.91. The first-order valence-electron chi connectivity index (χ1n) is 5.86. The van der Waals surface area contributed by atoms with Crippen LogP contribution in [0.3, 0.4) is 0 Å². The molecule has 0 bridgehead atoms. The summed E-state index contributed by atoms with van der Waals surface area (Å²) in [5.74, 6) is 0.805. The maximum absolute atomic E-state index is 5.83.